The van der Waals surface area contributed by atoms with Crippen molar-refractivity contribution in [1.29, 1.82) is 0 Å². The maximum atomic E-state index is 11.0. The molecule has 0 spiro atoms. The molecule has 1 amide bonds. The van der Waals surface area contributed by atoms with Crippen LogP contribution < -0.4 is 11.1 Å². The first-order valence-electron chi connectivity index (χ1n) is 5.90. The maximum absolute atomic E-state index is 11.0. The molecule has 0 heterocycles. The highest BCUT2D eigenvalue weighted by Gasteiger charge is 2.09. The van der Waals surface area contributed by atoms with Gasteiger partial charge in [-0.2, -0.15) is 0 Å². The van der Waals surface area contributed by atoms with Crippen molar-refractivity contribution >= 4 is 5.91 Å². The lowest BCUT2D eigenvalue weighted by Gasteiger charge is -2.19. The summed E-state index contributed by atoms with van der Waals surface area (Å²) in [6, 6.07) is 5.59. The summed E-state index contributed by atoms with van der Waals surface area (Å²) in [6.07, 6.45) is 0. The third-order valence-corrected chi connectivity index (χ3v) is 2.60. The molecule has 94 valence electrons. The molecule has 0 aliphatic carbocycles. The Morgan fingerprint density at radius 3 is 2.47 bits per heavy atom. The molecular weight excluding hydrogens is 212 g/mol. The van der Waals surface area contributed by atoms with Gasteiger partial charge in [-0.3, -0.25) is 4.79 Å². The van der Waals surface area contributed by atoms with Gasteiger partial charge < -0.3 is 11.1 Å². The number of aryl methyl sites for hydroxylation is 1. The molecule has 1 rings (SSSR count). The Labute approximate surface area is 103 Å². The second kappa shape index (κ2) is 5.32. The molecule has 1 aromatic carbocycles. The first kappa shape index (κ1) is 13.7. The summed E-state index contributed by atoms with van der Waals surface area (Å²) in [5.41, 5.74) is 8.39. The highest BCUT2D eigenvalue weighted by Crippen LogP contribution is 2.13. The van der Waals surface area contributed by atoms with Crippen LogP contribution in [0, 0.1) is 12.3 Å². The molecule has 0 bridgehead atoms. The van der Waals surface area contributed by atoms with Gasteiger partial charge in [0.25, 0.3) is 0 Å². The van der Waals surface area contributed by atoms with E-state index in [0.29, 0.717) is 5.56 Å². The number of carbonyl (C=O) groups is 1. The summed E-state index contributed by atoms with van der Waals surface area (Å²) in [4.78, 5) is 11.0. The van der Waals surface area contributed by atoms with Crippen molar-refractivity contribution in [2.45, 2.75) is 34.2 Å². The SMILES string of the molecule is Cc1cc(C(N)=O)ccc1CNCC(C)(C)C. The Balaban J connectivity index is 2.64. The maximum Gasteiger partial charge on any atom is 0.248 e. The van der Waals surface area contributed by atoms with Gasteiger partial charge in [-0.15, -0.1) is 0 Å². The fraction of sp³-hybridized carbons (Fsp3) is 0.500. The minimum absolute atomic E-state index is 0.279. The zero-order chi connectivity index (χ0) is 13.1. The standard InChI is InChI=1S/C14H22N2O/c1-10-7-11(13(15)17)5-6-12(10)8-16-9-14(2,3)4/h5-7,16H,8-9H2,1-4H3,(H2,15,17). The van der Waals surface area contributed by atoms with Gasteiger partial charge in [0.15, 0.2) is 0 Å². The lowest BCUT2D eigenvalue weighted by atomic mass is 9.96. The normalized spacial score (nSPS) is 11.5. The second-order valence-electron chi connectivity index (χ2n) is 5.67. The molecule has 3 N–H and O–H groups in total. The van der Waals surface area contributed by atoms with Crippen LogP contribution in [0.5, 0.6) is 0 Å². The number of hydrogen-bond acceptors (Lipinski definition) is 2. The molecule has 0 aliphatic heterocycles. The molecule has 1 aromatic rings. The number of nitrogens with one attached hydrogen (secondary N) is 1. The quantitative estimate of drug-likeness (QED) is 0.839. The van der Waals surface area contributed by atoms with Crippen LogP contribution >= 0.6 is 0 Å². The summed E-state index contributed by atoms with van der Waals surface area (Å²) >= 11 is 0. The van der Waals surface area contributed by atoms with Crippen molar-refractivity contribution in [3.8, 4) is 0 Å². The summed E-state index contributed by atoms with van der Waals surface area (Å²) in [5, 5.41) is 3.41. The van der Waals surface area contributed by atoms with E-state index >= 15 is 0 Å². The summed E-state index contributed by atoms with van der Waals surface area (Å²) in [5.74, 6) is -0.373. The van der Waals surface area contributed by atoms with Gasteiger partial charge in [-0.25, -0.2) is 0 Å². The zero-order valence-corrected chi connectivity index (χ0v) is 11.1. The van der Waals surface area contributed by atoms with Crippen LogP contribution in [0.1, 0.15) is 42.3 Å². The Morgan fingerprint density at radius 1 is 1.35 bits per heavy atom. The summed E-state index contributed by atoms with van der Waals surface area (Å²) in [6.45, 7) is 10.4. The van der Waals surface area contributed by atoms with E-state index in [1.165, 1.54) is 5.56 Å². The zero-order valence-electron chi connectivity index (χ0n) is 11.1. The Kier molecular flexibility index (Phi) is 4.29. The van der Waals surface area contributed by atoms with Crippen molar-refractivity contribution in [2.75, 3.05) is 6.54 Å². The number of benzene rings is 1. The molecule has 0 aromatic heterocycles. The molecule has 3 heteroatoms. The lowest BCUT2D eigenvalue weighted by Crippen LogP contribution is -2.26. The molecule has 0 aliphatic rings. The van der Waals surface area contributed by atoms with E-state index in [9.17, 15) is 4.79 Å². The van der Waals surface area contributed by atoms with E-state index in [0.717, 1.165) is 18.7 Å². The minimum atomic E-state index is -0.373. The van der Waals surface area contributed by atoms with Gasteiger partial charge in [0.1, 0.15) is 0 Å². The first-order chi connectivity index (χ1) is 7.79. The van der Waals surface area contributed by atoms with E-state index in [1.807, 2.05) is 19.1 Å². The predicted molar refractivity (Wildman–Crippen MR) is 70.9 cm³/mol. The monoisotopic (exact) mass is 234 g/mol. The van der Waals surface area contributed by atoms with Crippen LogP contribution in [-0.2, 0) is 6.54 Å². The second-order valence-corrected chi connectivity index (χ2v) is 5.67. The van der Waals surface area contributed by atoms with Crippen molar-refractivity contribution < 1.29 is 4.79 Å². The smallest absolute Gasteiger partial charge is 0.248 e. The van der Waals surface area contributed by atoms with Crippen molar-refractivity contribution in [3.05, 3.63) is 34.9 Å². The van der Waals surface area contributed by atoms with Gasteiger partial charge in [0.2, 0.25) is 5.91 Å². The largest absolute Gasteiger partial charge is 0.366 e. The summed E-state index contributed by atoms with van der Waals surface area (Å²) < 4.78 is 0. The van der Waals surface area contributed by atoms with E-state index in [4.69, 9.17) is 5.73 Å². The van der Waals surface area contributed by atoms with Crippen molar-refractivity contribution in [1.82, 2.24) is 5.32 Å². The molecular formula is C14H22N2O. The number of primary amides is 1. The van der Waals surface area contributed by atoms with Crippen LogP contribution in [0.25, 0.3) is 0 Å². The topological polar surface area (TPSA) is 55.1 Å². The van der Waals surface area contributed by atoms with Gasteiger partial charge in [-0.1, -0.05) is 26.8 Å². The molecule has 0 saturated carbocycles. The highest BCUT2D eigenvalue weighted by molar-refractivity contribution is 5.93. The van der Waals surface area contributed by atoms with Crippen molar-refractivity contribution in [3.63, 3.8) is 0 Å². The number of amides is 1. The number of hydrogen-bond donors (Lipinski definition) is 2. The van der Waals surface area contributed by atoms with Crippen LogP contribution in [0.2, 0.25) is 0 Å². The van der Waals surface area contributed by atoms with Gasteiger partial charge >= 0.3 is 0 Å². The molecule has 0 radical (unpaired) electrons. The number of rotatable bonds is 4. The Morgan fingerprint density at radius 2 is 2.00 bits per heavy atom. The average molecular weight is 234 g/mol. The van der Waals surface area contributed by atoms with Crippen LogP contribution in [-0.4, -0.2) is 12.5 Å². The van der Waals surface area contributed by atoms with Crippen molar-refractivity contribution in [2.24, 2.45) is 11.1 Å². The Bertz CT molecular complexity index is 405. The molecule has 3 nitrogen and oxygen atoms in total. The first-order valence-corrected chi connectivity index (χ1v) is 5.90. The molecule has 17 heavy (non-hydrogen) atoms. The fourth-order valence-electron chi connectivity index (χ4n) is 1.62. The number of carbonyl (C=O) groups excluding carboxylic acids is 1. The lowest BCUT2D eigenvalue weighted by molar-refractivity contribution is 0.1000. The Hall–Kier alpha value is -1.35. The highest BCUT2D eigenvalue weighted by atomic mass is 16.1. The van der Waals surface area contributed by atoms with Gasteiger partial charge in [0.05, 0.1) is 0 Å². The number of nitrogens with two attached hydrogens (primary N) is 1. The van der Waals surface area contributed by atoms with Gasteiger partial charge in [0, 0.05) is 18.7 Å². The van der Waals surface area contributed by atoms with E-state index in [-0.39, 0.29) is 11.3 Å². The molecule has 0 atom stereocenters. The van der Waals surface area contributed by atoms with E-state index < -0.39 is 0 Å². The summed E-state index contributed by atoms with van der Waals surface area (Å²) in [7, 11) is 0. The van der Waals surface area contributed by atoms with Crippen LogP contribution in [0.15, 0.2) is 18.2 Å². The fourth-order valence-corrected chi connectivity index (χ4v) is 1.62. The predicted octanol–water partition coefficient (Wildman–Crippen LogP) is 2.23. The van der Waals surface area contributed by atoms with E-state index in [2.05, 4.69) is 26.1 Å². The minimum Gasteiger partial charge on any atom is -0.366 e. The average Bonchev–Trinajstić information content (AvgIpc) is 2.18. The molecule has 0 saturated heterocycles. The third-order valence-electron chi connectivity index (χ3n) is 2.60. The van der Waals surface area contributed by atoms with E-state index in [1.54, 1.807) is 6.07 Å². The molecule has 0 fully saturated rings. The van der Waals surface area contributed by atoms with Crippen LogP contribution in [0.4, 0.5) is 0 Å². The van der Waals surface area contributed by atoms with Crippen LogP contribution in [0.3, 0.4) is 0 Å². The third kappa shape index (κ3) is 4.57. The van der Waals surface area contributed by atoms with Gasteiger partial charge in [-0.05, 0) is 35.6 Å². The molecule has 0 unspecified atom stereocenters.